The van der Waals surface area contributed by atoms with E-state index in [4.69, 9.17) is 4.74 Å². The maximum Gasteiger partial charge on any atom is 0.120 e. The molecule has 0 aliphatic carbocycles. The number of rotatable bonds is 5. The van der Waals surface area contributed by atoms with Gasteiger partial charge in [0.15, 0.2) is 0 Å². The lowest BCUT2D eigenvalue weighted by molar-refractivity contribution is 0.306. The zero-order chi connectivity index (χ0) is 11.9. The Morgan fingerprint density at radius 2 is 1.71 bits per heavy atom. The summed E-state index contributed by atoms with van der Waals surface area (Å²) in [6.45, 7) is 2.69. The van der Waals surface area contributed by atoms with Gasteiger partial charge in [0.05, 0.1) is 0 Å². The van der Waals surface area contributed by atoms with Gasteiger partial charge in [-0.1, -0.05) is 49.4 Å². The molecule has 0 aromatic heterocycles. The van der Waals surface area contributed by atoms with Gasteiger partial charge in [-0.3, -0.25) is 0 Å². The fourth-order valence-corrected chi connectivity index (χ4v) is 1.74. The van der Waals surface area contributed by atoms with E-state index in [2.05, 4.69) is 37.6 Å². The number of benzene rings is 2. The highest BCUT2D eigenvalue weighted by atomic mass is 16.5. The molecule has 0 aliphatic heterocycles. The lowest BCUT2D eigenvalue weighted by Gasteiger charge is -2.07. The van der Waals surface area contributed by atoms with Gasteiger partial charge in [0.25, 0.3) is 0 Å². The van der Waals surface area contributed by atoms with E-state index in [1.165, 1.54) is 11.1 Å². The van der Waals surface area contributed by atoms with Crippen LogP contribution in [0.25, 0.3) is 0 Å². The Labute approximate surface area is 103 Å². The molecule has 0 fully saturated rings. The average molecular weight is 225 g/mol. The average Bonchev–Trinajstić information content (AvgIpc) is 2.39. The fraction of sp³-hybridized carbons (Fsp3) is 0.188. The highest BCUT2D eigenvalue weighted by Gasteiger charge is 1.97. The number of ether oxygens (including phenoxy) is 1. The first-order valence-electron chi connectivity index (χ1n) is 5.92. The molecule has 0 unspecified atom stereocenters. The second-order valence-corrected chi connectivity index (χ2v) is 4.03. The lowest BCUT2D eigenvalue weighted by Crippen LogP contribution is -1.95. The molecule has 87 valence electrons. The zero-order valence-electron chi connectivity index (χ0n) is 10.1. The normalized spacial score (nSPS) is 10.2. The summed E-state index contributed by atoms with van der Waals surface area (Å²) < 4.78 is 5.77. The minimum absolute atomic E-state index is 0.625. The maximum atomic E-state index is 5.77. The first-order valence-corrected chi connectivity index (χ1v) is 5.92. The second kappa shape index (κ2) is 6.09. The molecule has 0 aliphatic rings. The largest absolute Gasteiger partial charge is 0.489 e. The fourth-order valence-electron chi connectivity index (χ4n) is 1.74. The number of hydrogen-bond donors (Lipinski definition) is 0. The quantitative estimate of drug-likeness (QED) is 0.746. The molecule has 1 nitrogen and oxygen atoms in total. The van der Waals surface area contributed by atoms with Gasteiger partial charge in [-0.05, 0) is 36.1 Å². The van der Waals surface area contributed by atoms with Gasteiger partial charge in [0.2, 0.25) is 0 Å². The van der Waals surface area contributed by atoms with Crippen molar-refractivity contribution in [1.82, 2.24) is 0 Å². The van der Waals surface area contributed by atoms with Crippen molar-refractivity contribution in [3.8, 4) is 5.75 Å². The van der Waals surface area contributed by atoms with Crippen LogP contribution in [0, 0.1) is 6.42 Å². The van der Waals surface area contributed by atoms with Crippen molar-refractivity contribution in [3.05, 3.63) is 72.1 Å². The topological polar surface area (TPSA) is 9.23 Å². The van der Waals surface area contributed by atoms with E-state index >= 15 is 0 Å². The zero-order valence-corrected chi connectivity index (χ0v) is 10.1. The van der Waals surface area contributed by atoms with Gasteiger partial charge < -0.3 is 4.74 Å². The predicted molar refractivity (Wildman–Crippen MR) is 70.9 cm³/mol. The van der Waals surface area contributed by atoms with Crippen molar-refractivity contribution in [3.63, 3.8) is 0 Å². The van der Waals surface area contributed by atoms with E-state index in [0.717, 1.165) is 12.2 Å². The van der Waals surface area contributed by atoms with Crippen molar-refractivity contribution in [2.45, 2.75) is 20.0 Å². The van der Waals surface area contributed by atoms with Crippen LogP contribution in [0.1, 0.15) is 18.1 Å². The smallest absolute Gasteiger partial charge is 0.120 e. The van der Waals surface area contributed by atoms with Crippen LogP contribution in [0.15, 0.2) is 54.6 Å². The molecule has 0 amide bonds. The van der Waals surface area contributed by atoms with Crippen molar-refractivity contribution in [2.24, 2.45) is 0 Å². The van der Waals surface area contributed by atoms with Crippen molar-refractivity contribution >= 4 is 0 Å². The minimum atomic E-state index is 0.625. The Morgan fingerprint density at radius 3 is 2.47 bits per heavy atom. The number of hydrogen-bond acceptors (Lipinski definition) is 1. The Bertz CT molecular complexity index is 448. The third-order valence-corrected chi connectivity index (χ3v) is 2.59. The van der Waals surface area contributed by atoms with Crippen molar-refractivity contribution in [2.75, 3.05) is 0 Å². The van der Waals surface area contributed by atoms with Crippen LogP contribution >= 0.6 is 0 Å². The molecule has 0 saturated heterocycles. The summed E-state index contributed by atoms with van der Waals surface area (Å²) in [6.07, 6.45) is 3.14. The summed E-state index contributed by atoms with van der Waals surface area (Å²) in [7, 11) is 0. The van der Waals surface area contributed by atoms with Crippen LogP contribution in [0.3, 0.4) is 0 Å². The lowest BCUT2D eigenvalue weighted by atomic mass is 10.1. The Hall–Kier alpha value is -1.76. The molecule has 0 spiro atoms. The van der Waals surface area contributed by atoms with Crippen molar-refractivity contribution < 1.29 is 4.74 Å². The molecule has 2 aromatic carbocycles. The van der Waals surface area contributed by atoms with E-state index in [-0.39, 0.29) is 0 Å². The van der Waals surface area contributed by atoms with Gasteiger partial charge in [-0.25, -0.2) is 0 Å². The predicted octanol–water partition coefficient (Wildman–Crippen LogP) is 4.03. The van der Waals surface area contributed by atoms with E-state index in [0.29, 0.717) is 6.61 Å². The summed E-state index contributed by atoms with van der Waals surface area (Å²) in [5, 5.41) is 0. The first-order chi connectivity index (χ1) is 8.38. The monoisotopic (exact) mass is 225 g/mol. The van der Waals surface area contributed by atoms with Gasteiger partial charge in [0.1, 0.15) is 12.4 Å². The van der Waals surface area contributed by atoms with E-state index < -0.39 is 0 Å². The summed E-state index contributed by atoms with van der Waals surface area (Å²) >= 11 is 0. The maximum absolute atomic E-state index is 5.77. The molecule has 17 heavy (non-hydrogen) atoms. The van der Waals surface area contributed by atoms with Gasteiger partial charge in [-0.2, -0.15) is 0 Å². The van der Waals surface area contributed by atoms with Crippen LogP contribution in [0.2, 0.25) is 0 Å². The highest BCUT2D eigenvalue weighted by molar-refractivity contribution is 5.29. The standard InChI is InChI=1S/C16H17O/c1-2-7-14-10-6-11-16(12-14)17-13-15-8-4-3-5-9-15/h2-6,8-12H,7,13H2,1H3. The SMILES string of the molecule is C[CH]Cc1cccc(OCc2ccccc2)c1. The third-order valence-electron chi connectivity index (χ3n) is 2.59. The van der Waals surface area contributed by atoms with Crippen molar-refractivity contribution in [1.29, 1.82) is 0 Å². The van der Waals surface area contributed by atoms with Gasteiger partial charge in [0, 0.05) is 0 Å². The van der Waals surface area contributed by atoms with Crippen LogP contribution in [-0.2, 0) is 13.0 Å². The first kappa shape index (κ1) is 11.7. The summed E-state index contributed by atoms with van der Waals surface area (Å²) in [5.41, 5.74) is 2.48. The van der Waals surface area contributed by atoms with E-state index in [1.54, 1.807) is 0 Å². The van der Waals surface area contributed by atoms with E-state index in [1.807, 2.05) is 30.3 Å². The highest BCUT2D eigenvalue weighted by Crippen LogP contribution is 2.16. The molecule has 1 radical (unpaired) electrons. The van der Waals surface area contributed by atoms with Crippen LogP contribution in [0.5, 0.6) is 5.75 Å². The van der Waals surface area contributed by atoms with Crippen LogP contribution < -0.4 is 4.74 Å². The molecule has 1 heteroatoms. The Kier molecular flexibility index (Phi) is 4.20. The summed E-state index contributed by atoms with van der Waals surface area (Å²) in [6, 6.07) is 18.5. The molecule has 0 bridgehead atoms. The molecule has 0 N–H and O–H groups in total. The molecule has 2 aromatic rings. The van der Waals surface area contributed by atoms with Crippen LogP contribution in [0.4, 0.5) is 0 Å². The molecular weight excluding hydrogens is 208 g/mol. The molecule has 0 heterocycles. The second-order valence-electron chi connectivity index (χ2n) is 4.03. The third kappa shape index (κ3) is 3.63. The molecule has 2 rings (SSSR count). The summed E-state index contributed by atoms with van der Waals surface area (Å²) in [5.74, 6) is 0.938. The van der Waals surface area contributed by atoms with Gasteiger partial charge in [-0.15, -0.1) is 0 Å². The molecular formula is C16H17O. The Morgan fingerprint density at radius 1 is 0.941 bits per heavy atom. The molecule has 0 saturated carbocycles. The minimum Gasteiger partial charge on any atom is -0.489 e. The van der Waals surface area contributed by atoms with Crippen LogP contribution in [-0.4, -0.2) is 0 Å². The molecule has 0 atom stereocenters. The van der Waals surface area contributed by atoms with E-state index in [9.17, 15) is 0 Å². The summed E-state index contributed by atoms with van der Waals surface area (Å²) in [4.78, 5) is 0. The van der Waals surface area contributed by atoms with Gasteiger partial charge >= 0.3 is 0 Å². The Balaban J connectivity index is 1.97.